The molecule has 0 bridgehead atoms. The molecule has 0 amide bonds. The molecule has 0 saturated heterocycles. The SMILES string of the molecule is CCc1cccc2ccc(S(=O)(=O)N(CC)CC)c(CC)c12. The summed E-state index contributed by atoms with van der Waals surface area (Å²) in [5.74, 6) is 0. The molecule has 0 aliphatic heterocycles. The van der Waals surface area contributed by atoms with E-state index in [0.717, 1.165) is 22.8 Å². The van der Waals surface area contributed by atoms with E-state index in [9.17, 15) is 8.42 Å². The predicted molar refractivity (Wildman–Crippen MR) is 92.8 cm³/mol. The molecular formula is C18H25NO2S. The van der Waals surface area contributed by atoms with Gasteiger partial charge in [0.2, 0.25) is 10.0 Å². The Bertz CT molecular complexity index is 762. The van der Waals surface area contributed by atoms with Gasteiger partial charge in [0.05, 0.1) is 4.90 Å². The maximum atomic E-state index is 12.9. The van der Waals surface area contributed by atoms with Crippen molar-refractivity contribution in [3.05, 3.63) is 41.5 Å². The minimum absolute atomic E-state index is 0.465. The molecule has 0 fully saturated rings. The van der Waals surface area contributed by atoms with Gasteiger partial charge in [-0.15, -0.1) is 0 Å². The number of benzene rings is 2. The zero-order valence-electron chi connectivity index (χ0n) is 13.9. The van der Waals surface area contributed by atoms with Crippen LogP contribution >= 0.6 is 0 Å². The average Bonchev–Trinajstić information content (AvgIpc) is 2.53. The van der Waals surface area contributed by atoms with E-state index in [2.05, 4.69) is 19.1 Å². The molecule has 22 heavy (non-hydrogen) atoms. The van der Waals surface area contributed by atoms with Crippen molar-refractivity contribution in [1.29, 1.82) is 0 Å². The Kier molecular flexibility index (Phi) is 5.24. The van der Waals surface area contributed by atoms with Crippen LogP contribution in [0.3, 0.4) is 0 Å². The first-order valence-electron chi connectivity index (χ1n) is 8.04. The standard InChI is InChI=1S/C18H25NO2S/c1-5-14-10-9-11-15-12-13-17(16(6-2)18(14)15)22(20,21)19(7-3)8-4/h9-13H,5-8H2,1-4H3. The number of hydrogen-bond donors (Lipinski definition) is 0. The molecule has 2 rings (SSSR count). The summed E-state index contributed by atoms with van der Waals surface area (Å²) in [5, 5.41) is 2.23. The lowest BCUT2D eigenvalue weighted by molar-refractivity contribution is 0.444. The molecule has 3 nitrogen and oxygen atoms in total. The highest BCUT2D eigenvalue weighted by Crippen LogP contribution is 2.31. The summed E-state index contributed by atoms with van der Waals surface area (Å²) in [6.45, 7) is 8.89. The molecule has 2 aromatic carbocycles. The fourth-order valence-corrected chi connectivity index (χ4v) is 4.86. The second-order valence-corrected chi connectivity index (χ2v) is 7.26. The van der Waals surface area contributed by atoms with Crippen molar-refractivity contribution in [3.63, 3.8) is 0 Å². The van der Waals surface area contributed by atoms with Gasteiger partial charge in [0, 0.05) is 13.1 Å². The van der Waals surface area contributed by atoms with Crippen LogP contribution in [0, 0.1) is 0 Å². The van der Waals surface area contributed by atoms with Gasteiger partial charge in [-0.25, -0.2) is 8.42 Å². The van der Waals surface area contributed by atoms with E-state index in [1.54, 1.807) is 6.07 Å². The van der Waals surface area contributed by atoms with Crippen LogP contribution < -0.4 is 0 Å². The Morgan fingerprint density at radius 3 is 2.14 bits per heavy atom. The van der Waals surface area contributed by atoms with Crippen molar-refractivity contribution >= 4 is 20.8 Å². The van der Waals surface area contributed by atoms with Gasteiger partial charge in [0.1, 0.15) is 0 Å². The quantitative estimate of drug-likeness (QED) is 0.807. The highest BCUT2D eigenvalue weighted by Gasteiger charge is 2.25. The summed E-state index contributed by atoms with van der Waals surface area (Å²) in [7, 11) is -3.43. The van der Waals surface area contributed by atoms with Crippen molar-refractivity contribution in [2.45, 2.75) is 45.4 Å². The number of fused-ring (bicyclic) bond motifs is 1. The molecule has 2 aromatic rings. The monoisotopic (exact) mass is 319 g/mol. The Balaban J connectivity index is 2.81. The minimum atomic E-state index is -3.43. The Morgan fingerprint density at radius 1 is 0.909 bits per heavy atom. The van der Waals surface area contributed by atoms with E-state index in [-0.39, 0.29) is 0 Å². The van der Waals surface area contributed by atoms with Gasteiger partial charge in [-0.2, -0.15) is 4.31 Å². The first-order valence-corrected chi connectivity index (χ1v) is 9.48. The molecule has 0 saturated carbocycles. The fraction of sp³-hybridized carbons (Fsp3) is 0.444. The van der Waals surface area contributed by atoms with Crippen LogP contribution in [0.4, 0.5) is 0 Å². The summed E-state index contributed by atoms with van der Waals surface area (Å²) < 4.78 is 27.4. The molecule has 0 aliphatic rings. The first-order chi connectivity index (χ1) is 10.5. The maximum Gasteiger partial charge on any atom is 0.243 e. The van der Waals surface area contributed by atoms with Gasteiger partial charge in [0.15, 0.2) is 0 Å². The smallest absolute Gasteiger partial charge is 0.207 e. The average molecular weight is 319 g/mol. The van der Waals surface area contributed by atoms with Gasteiger partial charge in [0.25, 0.3) is 0 Å². The fourth-order valence-electron chi connectivity index (χ4n) is 3.11. The van der Waals surface area contributed by atoms with Gasteiger partial charge in [-0.1, -0.05) is 52.0 Å². The maximum absolute atomic E-state index is 12.9. The number of rotatable bonds is 6. The van der Waals surface area contributed by atoms with Gasteiger partial charge >= 0.3 is 0 Å². The molecule has 0 atom stereocenters. The van der Waals surface area contributed by atoms with Crippen molar-refractivity contribution in [2.24, 2.45) is 0 Å². The third-order valence-electron chi connectivity index (χ3n) is 4.25. The lowest BCUT2D eigenvalue weighted by atomic mass is 9.96. The molecule has 0 spiro atoms. The van der Waals surface area contributed by atoms with E-state index in [0.29, 0.717) is 24.4 Å². The van der Waals surface area contributed by atoms with E-state index < -0.39 is 10.0 Å². The van der Waals surface area contributed by atoms with E-state index in [1.807, 2.05) is 32.9 Å². The molecule has 0 unspecified atom stereocenters. The third-order valence-corrected chi connectivity index (χ3v) is 6.39. The zero-order valence-corrected chi connectivity index (χ0v) is 14.7. The molecule has 0 N–H and O–H groups in total. The molecule has 4 heteroatoms. The molecule has 0 radical (unpaired) electrons. The van der Waals surface area contributed by atoms with Crippen molar-refractivity contribution in [2.75, 3.05) is 13.1 Å². The Labute approximate surface area is 134 Å². The van der Waals surface area contributed by atoms with Crippen LogP contribution in [-0.2, 0) is 22.9 Å². The van der Waals surface area contributed by atoms with Gasteiger partial charge < -0.3 is 0 Å². The van der Waals surface area contributed by atoms with Crippen molar-refractivity contribution < 1.29 is 8.42 Å². The topological polar surface area (TPSA) is 37.4 Å². The van der Waals surface area contributed by atoms with Crippen LogP contribution in [-0.4, -0.2) is 25.8 Å². The lowest BCUT2D eigenvalue weighted by Gasteiger charge is -2.22. The number of aryl methyl sites for hydroxylation is 2. The van der Waals surface area contributed by atoms with E-state index in [1.165, 1.54) is 9.87 Å². The Morgan fingerprint density at radius 2 is 1.59 bits per heavy atom. The molecule has 0 heterocycles. The minimum Gasteiger partial charge on any atom is -0.207 e. The van der Waals surface area contributed by atoms with Crippen molar-refractivity contribution in [3.8, 4) is 0 Å². The van der Waals surface area contributed by atoms with E-state index in [4.69, 9.17) is 0 Å². The normalized spacial score (nSPS) is 12.2. The molecule has 120 valence electrons. The third kappa shape index (κ3) is 2.77. The molecular weight excluding hydrogens is 294 g/mol. The number of sulfonamides is 1. The largest absolute Gasteiger partial charge is 0.243 e. The van der Waals surface area contributed by atoms with Gasteiger partial charge in [-0.05, 0) is 40.8 Å². The summed E-state index contributed by atoms with van der Waals surface area (Å²) in [5.41, 5.74) is 2.16. The van der Waals surface area contributed by atoms with Crippen LogP contribution in [0.2, 0.25) is 0 Å². The highest BCUT2D eigenvalue weighted by molar-refractivity contribution is 7.89. The second-order valence-electron chi connectivity index (χ2n) is 5.35. The van der Waals surface area contributed by atoms with Crippen LogP contribution in [0.15, 0.2) is 35.2 Å². The van der Waals surface area contributed by atoms with Crippen LogP contribution in [0.25, 0.3) is 10.8 Å². The molecule has 0 aliphatic carbocycles. The van der Waals surface area contributed by atoms with Crippen LogP contribution in [0.5, 0.6) is 0 Å². The van der Waals surface area contributed by atoms with E-state index >= 15 is 0 Å². The summed E-state index contributed by atoms with van der Waals surface area (Å²) in [4.78, 5) is 0.465. The summed E-state index contributed by atoms with van der Waals surface area (Å²) in [6.07, 6.45) is 1.61. The predicted octanol–water partition coefficient (Wildman–Crippen LogP) is 4.00. The number of hydrogen-bond acceptors (Lipinski definition) is 2. The zero-order chi connectivity index (χ0) is 16.3. The van der Waals surface area contributed by atoms with Crippen molar-refractivity contribution in [1.82, 2.24) is 4.31 Å². The number of nitrogens with zero attached hydrogens (tertiary/aromatic N) is 1. The highest BCUT2D eigenvalue weighted by atomic mass is 32.2. The lowest BCUT2D eigenvalue weighted by Crippen LogP contribution is -2.31. The summed E-state index contributed by atoms with van der Waals surface area (Å²) >= 11 is 0. The van der Waals surface area contributed by atoms with Crippen LogP contribution in [0.1, 0.15) is 38.8 Å². The Hall–Kier alpha value is -1.39. The second kappa shape index (κ2) is 6.80. The van der Waals surface area contributed by atoms with Gasteiger partial charge in [-0.3, -0.25) is 0 Å². The first kappa shape index (κ1) is 17.0. The summed E-state index contributed by atoms with van der Waals surface area (Å²) in [6, 6.07) is 9.90. The molecule has 0 aromatic heterocycles.